The fourth-order valence-electron chi connectivity index (χ4n) is 5.55. The SMILES string of the molecule is CC(F)(F)CCC(NC(=O)C1CC2(CCC(F)(F)CC2)CN1C(=O)C(NC(=O)O)C(C)(C)C)C(=O)C(=O)NC1CC1. The number of nitrogens with one attached hydrogen (secondary N) is 3. The Balaban J connectivity index is 1.89. The molecule has 14 heteroatoms. The van der Waals surface area contributed by atoms with Gasteiger partial charge in [-0.1, -0.05) is 20.8 Å². The number of nitrogens with zero attached hydrogens (tertiary/aromatic N) is 1. The maximum absolute atomic E-state index is 14.0. The molecule has 0 aromatic heterocycles. The third-order valence-electron chi connectivity index (χ3n) is 8.16. The summed E-state index contributed by atoms with van der Waals surface area (Å²) in [4.78, 5) is 65.4. The van der Waals surface area contributed by atoms with Crippen molar-refractivity contribution in [3.63, 3.8) is 0 Å². The van der Waals surface area contributed by atoms with E-state index in [-0.39, 0.29) is 31.8 Å². The highest BCUT2D eigenvalue weighted by atomic mass is 19.3. The lowest BCUT2D eigenvalue weighted by Crippen LogP contribution is -2.59. The molecule has 3 aliphatic rings. The quantitative estimate of drug-likeness (QED) is 0.227. The Bertz CT molecular complexity index is 1040. The summed E-state index contributed by atoms with van der Waals surface area (Å²) in [7, 11) is 0. The van der Waals surface area contributed by atoms with Gasteiger partial charge in [-0.3, -0.25) is 19.2 Å². The van der Waals surface area contributed by atoms with Crippen LogP contribution in [0.25, 0.3) is 0 Å². The number of halogens is 4. The summed E-state index contributed by atoms with van der Waals surface area (Å²) in [6.07, 6.45) is -2.41. The molecule has 10 nitrogen and oxygen atoms in total. The minimum atomic E-state index is -3.19. The first-order valence-electron chi connectivity index (χ1n) is 13.9. The van der Waals surface area contributed by atoms with Crippen LogP contribution in [0.15, 0.2) is 0 Å². The van der Waals surface area contributed by atoms with Crippen molar-refractivity contribution in [2.45, 2.75) is 121 Å². The van der Waals surface area contributed by atoms with Crippen molar-refractivity contribution in [3.05, 3.63) is 0 Å². The molecule has 0 bridgehead atoms. The molecule has 0 aromatic carbocycles. The van der Waals surface area contributed by atoms with Gasteiger partial charge in [0.15, 0.2) is 0 Å². The maximum Gasteiger partial charge on any atom is 0.405 e. The average Bonchev–Trinajstić information content (AvgIpc) is 3.57. The highest BCUT2D eigenvalue weighted by Gasteiger charge is 2.54. The van der Waals surface area contributed by atoms with Crippen LogP contribution in [0.3, 0.4) is 0 Å². The predicted molar refractivity (Wildman–Crippen MR) is 138 cm³/mol. The molecule has 1 heterocycles. The van der Waals surface area contributed by atoms with Gasteiger partial charge in [0.1, 0.15) is 12.1 Å². The third-order valence-corrected chi connectivity index (χ3v) is 8.16. The lowest BCUT2D eigenvalue weighted by Gasteiger charge is -2.38. The fraction of sp³-hybridized carbons (Fsp3) is 0.815. The van der Waals surface area contributed by atoms with Gasteiger partial charge in [0.25, 0.3) is 5.91 Å². The number of ketones is 1. The van der Waals surface area contributed by atoms with Gasteiger partial charge >= 0.3 is 6.09 Å². The number of hydrogen-bond donors (Lipinski definition) is 4. The van der Waals surface area contributed by atoms with E-state index < -0.39 is 96.1 Å². The number of amides is 4. The van der Waals surface area contributed by atoms with Crippen molar-refractivity contribution in [1.29, 1.82) is 0 Å². The number of hydrogen-bond acceptors (Lipinski definition) is 5. The standard InChI is InChI=1S/C27H40F4N4O6/c1-24(2,3)19(34-23(40)41)22(39)35-14-26(9-11-27(30,31)12-10-26)13-17(35)20(37)33-16(7-8-25(4,28)29)18(36)21(38)32-15-5-6-15/h15-17,19,34H,5-14H2,1-4H3,(H,32,38)(H,33,37)(H,40,41). The number of rotatable bonds is 10. The van der Waals surface area contributed by atoms with Crippen LogP contribution in [0, 0.1) is 10.8 Å². The number of carbonyl (C=O) groups is 5. The largest absolute Gasteiger partial charge is 0.465 e. The Hall–Kier alpha value is -2.93. The number of likely N-dealkylation sites (tertiary alicyclic amines) is 1. The Kier molecular flexibility index (Phi) is 9.34. The van der Waals surface area contributed by atoms with Crippen molar-refractivity contribution in [2.75, 3.05) is 6.54 Å². The summed E-state index contributed by atoms with van der Waals surface area (Å²) in [6.45, 7) is 5.40. The fourth-order valence-corrected chi connectivity index (χ4v) is 5.55. The zero-order chi connectivity index (χ0) is 31.0. The first-order valence-corrected chi connectivity index (χ1v) is 13.9. The topological polar surface area (TPSA) is 145 Å². The van der Waals surface area contributed by atoms with E-state index in [1.807, 2.05) is 0 Å². The minimum absolute atomic E-state index is 0.00825. The van der Waals surface area contributed by atoms with E-state index in [4.69, 9.17) is 0 Å². The molecule has 4 amide bonds. The van der Waals surface area contributed by atoms with Crippen molar-refractivity contribution in [3.8, 4) is 0 Å². The molecule has 1 spiro atoms. The molecule has 1 saturated heterocycles. The molecule has 4 N–H and O–H groups in total. The first kappa shape index (κ1) is 32.6. The Labute approximate surface area is 236 Å². The summed E-state index contributed by atoms with van der Waals surface area (Å²) < 4.78 is 55.4. The maximum atomic E-state index is 14.0. The van der Waals surface area contributed by atoms with Crippen LogP contribution in [0.4, 0.5) is 22.4 Å². The van der Waals surface area contributed by atoms with Crippen LogP contribution in [0.5, 0.6) is 0 Å². The highest BCUT2D eigenvalue weighted by molar-refractivity contribution is 6.38. The molecular formula is C27H40F4N4O6. The average molecular weight is 593 g/mol. The van der Waals surface area contributed by atoms with Crippen LogP contribution in [-0.2, 0) is 19.2 Å². The molecule has 1 aliphatic heterocycles. The highest BCUT2D eigenvalue weighted by Crippen LogP contribution is 2.50. The lowest BCUT2D eigenvalue weighted by atomic mass is 9.71. The molecule has 3 unspecified atom stereocenters. The van der Waals surface area contributed by atoms with E-state index in [0.29, 0.717) is 19.8 Å². The molecule has 41 heavy (non-hydrogen) atoms. The first-order chi connectivity index (χ1) is 18.7. The van der Waals surface area contributed by atoms with E-state index in [1.54, 1.807) is 20.8 Å². The summed E-state index contributed by atoms with van der Waals surface area (Å²) in [6, 6.07) is -4.39. The van der Waals surface area contributed by atoms with Gasteiger partial charge < -0.3 is 26.0 Å². The van der Waals surface area contributed by atoms with E-state index in [9.17, 15) is 46.6 Å². The van der Waals surface area contributed by atoms with Gasteiger partial charge in [0, 0.05) is 31.8 Å². The van der Waals surface area contributed by atoms with E-state index in [1.165, 1.54) is 0 Å². The zero-order valence-corrected chi connectivity index (χ0v) is 23.8. The molecule has 2 aliphatic carbocycles. The van der Waals surface area contributed by atoms with E-state index >= 15 is 0 Å². The van der Waals surface area contributed by atoms with Crippen LogP contribution in [0.2, 0.25) is 0 Å². The van der Waals surface area contributed by atoms with Gasteiger partial charge in [-0.05, 0) is 56.3 Å². The lowest BCUT2D eigenvalue weighted by molar-refractivity contribution is -0.144. The Morgan fingerprint density at radius 3 is 2.05 bits per heavy atom. The molecular weight excluding hydrogens is 552 g/mol. The van der Waals surface area contributed by atoms with E-state index in [2.05, 4.69) is 16.0 Å². The zero-order valence-electron chi connectivity index (χ0n) is 23.8. The predicted octanol–water partition coefficient (Wildman–Crippen LogP) is 3.23. The monoisotopic (exact) mass is 592 g/mol. The van der Waals surface area contributed by atoms with Gasteiger partial charge in [-0.2, -0.15) is 0 Å². The molecule has 3 rings (SSSR count). The van der Waals surface area contributed by atoms with Crippen LogP contribution < -0.4 is 16.0 Å². The second-order valence-corrected chi connectivity index (χ2v) is 13.1. The summed E-state index contributed by atoms with van der Waals surface area (Å²) >= 11 is 0. The summed E-state index contributed by atoms with van der Waals surface area (Å²) in [5, 5.41) is 16.4. The van der Waals surface area contributed by atoms with Crippen LogP contribution >= 0.6 is 0 Å². The van der Waals surface area contributed by atoms with Gasteiger partial charge in [-0.15, -0.1) is 0 Å². The normalized spacial score (nSPS) is 23.4. The van der Waals surface area contributed by atoms with E-state index in [0.717, 1.165) is 4.90 Å². The van der Waals surface area contributed by atoms with Crippen molar-refractivity contribution in [1.82, 2.24) is 20.9 Å². The Morgan fingerprint density at radius 2 is 1.56 bits per heavy atom. The smallest absolute Gasteiger partial charge is 0.405 e. The molecule has 0 aromatic rings. The molecule has 3 atom stereocenters. The van der Waals surface area contributed by atoms with Crippen molar-refractivity contribution < 1.29 is 46.6 Å². The number of carbonyl (C=O) groups excluding carboxylic acids is 4. The molecule has 232 valence electrons. The minimum Gasteiger partial charge on any atom is -0.465 e. The molecule has 2 saturated carbocycles. The second-order valence-electron chi connectivity index (χ2n) is 13.1. The van der Waals surface area contributed by atoms with Crippen molar-refractivity contribution in [2.24, 2.45) is 10.8 Å². The summed E-state index contributed by atoms with van der Waals surface area (Å²) in [5.74, 6) is -9.84. The van der Waals surface area contributed by atoms with Crippen molar-refractivity contribution >= 4 is 29.6 Å². The number of Topliss-reactive ketones (excluding diaryl/α,β-unsaturated/α-hetero) is 1. The summed E-state index contributed by atoms with van der Waals surface area (Å²) in [5.41, 5.74) is -1.79. The van der Waals surface area contributed by atoms with Crippen LogP contribution in [0.1, 0.15) is 85.5 Å². The third kappa shape index (κ3) is 8.78. The van der Waals surface area contributed by atoms with Gasteiger partial charge in [0.05, 0.1) is 6.04 Å². The van der Waals surface area contributed by atoms with Gasteiger partial charge in [0.2, 0.25) is 29.4 Å². The number of carboxylic acid groups (broad SMARTS) is 1. The molecule has 0 radical (unpaired) electrons. The van der Waals surface area contributed by atoms with Crippen LogP contribution in [-0.4, -0.2) is 82.2 Å². The molecule has 3 fully saturated rings. The number of alkyl halides is 4. The van der Waals surface area contributed by atoms with Gasteiger partial charge in [-0.25, -0.2) is 22.4 Å². The second kappa shape index (κ2) is 11.7. The Morgan fingerprint density at radius 1 is 0.976 bits per heavy atom.